The van der Waals surface area contributed by atoms with E-state index in [4.69, 9.17) is 5.11 Å². The maximum absolute atomic E-state index is 12.0. The first-order chi connectivity index (χ1) is 8.90. The molecule has 0 aromatic heterocycles. The Kier molecular flexibility index (Phi) is 5.10. The average molecular weight is 263 g/mol. The van der Waals surface area contributed by atoms with Crippen molar-refractivity contribution in [1.29, 1.82) is 0 Å². The fourth-order valence-electron chi connectivity index (χ4n) is 1.68. The van der Waals surface area contributed by atoms with E-state index < -0.39 is 11.4 Å². The Balaban J connectivity index is 2.63. The van der Waals surface area contributed by atoms with Gasteiger partial charge in [0.1, 0.15) is 0 Å². The van der Waals surface area contributed by atoms with Gasteiger partial charge in [0.05, 0.1) is 11.3 Å². The van der Waals surface area contributed by atoms with Gasteiger partial charge >= 0.3 is 5.97 Å². The summed E-state index contributed by atoms with van der Waals surface area (Å²) in [6.07, 6.45) is 0.475. The maximum atomic E-state index is 12.0. The number of nitrogens with one attached hydrogen (secondary N) is 1. The smallest absolute Gasteiger partial charge is 0.311 e. The molecule has 2 N–H and O–H groups in total. The molecule has 2 unspecified atom stereocenters. The van der Waals surface area contributed by atoms with Crippen LogP contribution in [0.25, 0.3) is 0 Å². The number of hydrogen-bond donors (Lipinski definition) is 2. The number of carbonyl (C=O) groups excluding carboxylic acids is 1. The number of amides is 1. The minimum atomic E-state index is -0.911. The van der Waals surface area contributed by atoms with Gasteiger partial charge in [0.2, 0.25) is 5.91 Å². The summed E-state index contributed by atoms with van der Waals surface area (Å²) in [5.41, 5.74) is 0.0139. The molecule has 0 aliphatic heterocycles. The predicted molar refractivity (Wildman–Crippen MR) is 73.9 cm³/mol. The Morgan fingerprint density at radius 3 is 2.37 bits per heavy atom. The fraction of sp³-hybridized carbons (Fsp3) is 0.467. The van der Waals surface area contributed by atoms with E-state index in [0.29, 0.717) is 6.42 Å². The molecule has 0 spiro atoms. The lowest BCUT2D eigenvalue weighted by molar-refractivity contribution is -0.148. The van der Waals surface area contributed by atoms with Crippen LogP contribution in [0.3, 0.4) is 0 Å². The molecule has 0 bridgehead atoms. The molecule has 104 valence electrons. The van der Waals surface area contributed by atoms with Crippen molar-refractivity contribution in [3.05, 3.63) is 35.9 Å². The third-order valence-corrected chi connectivity index (χ3v) is 3.64. The van der Waals surface area contributed by atoms with Crippen molar-refractivity contribution in [2.45, 2.75) is 33.1 Å². The molecule has 0 fully saturated rings. The largest absolute Gasteiger partial charge is 0.481 e. The van der Waals surface area contributed by atoms with Gasteiger partial charge in [-0.05, 0) is 25.8 Å². The van der Waals surface area contributed by atoms with Crippen LogP contribution in [0, 0.1) is 5.41 Å². The number of aliphatic carboxylic acids is 1. The first-order valence-corrected chi connectivity index (χ1v) is 6.47. The van der Waals surface area contributed by atoms with Gasteiger partial charge in [-0.1, -0.05) is 37.3 Å². The van der Waals surface area contributed by atoms with E-state index in [-0.39, 0.29) is 18.4 Å². The molecule has 1 aromatic rings. The van der Waals surface area contributed by atoms with Crippen LogP contribution in [0.1, 0.15) is 38.7 Å². The molecular formula is C15H21NO3. The van der Waals surface area contributed by atoms with E-state index in [1.807, 2.05) is 37.3 Å². The molecule has 0 radical (unpaired) electrons. The molecule has 19 heavy (non-hydrogen) atoms. The first kappa shape index (κ1) is 15.2. The molecule has 0 aliphatic carbocycles. The summed E-state index contributed by atoms with van der Waals surface area (Å²) < 4.78 is 0. The number of carboxylic acids is 1. The van der Waals surface area contributed by atoms with E-state index in [1.165, 1.54) is 0 Å². The third kappa shape index (κ3) is 3.81. The van der Waals surface area contributed by atoms with Gasteiger partial charge in [-0.3, -0.25) is 9.59 Å². The highest BCUT2D eigenvalue weighted by molar-refractivity contribution is 5.84. The normalized spacial score (nSPS) is 15.3. The molecule has 0 saturated heterocycles. The number of carbonyl (C=O) groups is 2. The highest BCUT2D eigenvalue weighted by Crippen LogP contribution is 2.21. The van der Waals surface area contributed by atoms with E-state index in [0.717, 1.165) is 5.56 Å². The SMILES string of the molecule is CCC(C)(CNC(=O)C(C)c1ccccc1)C(=O)O. The zero-order chi connectivity index (χ0) is 14.5. The van der Waals surface area contributed by atoms with Crippen molar-refractivity contribution in [2.75, 3.05) is 6.54 Å². The second kappa shape index (κ2) is 6.36. The molecule has 0 heterocycles. The number of hydrogen-bond acceptors (Lipinski definition) is 2. The van der Waals surface area contributed by atoms with Gasteiger partial charge in [-0.15, -0.1) is 0 Å². The van der Waals surface area contributed by atoms with Gasteiger partial charge in [0.25, 0.3) is 0 Å². The standard InChI is InChI=1S/C15H21NO3/c1-4-15(3,14(18)19)10-16-13(17)11(2)12-8-6-5-7-9-12/h5-9,11H,4,10H2,1-3H3,(H,16,17)(H,18,19). The Morgan fingerprint density at radius 1 is 1.32 bits per heavy atom. The molecule has 4 nitrogen and oxygen atoms in total. The van der Waals surface area contributed by atoms with Crippen LogP contribution in [0.2, 0.25) is 0 Å². The second-order valence-corrected chi connectivity index (χ2v) is 5.07. The van der Waals surface area contributed by atoms with Crippen LogP contribution >= 0.6 is 0 Å². The molecule has 1 aromatic carbocycles. The quantitative estimate of drug-likeness (QED) is 0.828. The van der Waals surface area contributed by atoms with Crippen molar-refractivity contribution in [2.24, 2.45) is 5.41 Å². The van der Waals surface area contributed by atoms with Crippen molar-refractivity contribution in [3.8, 4) is 0 Å². The Labute approximate surface area is 113 Å². The van der Waals surface area contributed by atoms with Gasteiger partial charge in [0.15, 0.2) is 0 Å². The zero-order valence-corrected chi connectivity index (χ0v) is 11.6. The molecule has 1 rings (SSSR count). The molecule has 1 amide bonds. The van der Waals surface area contributed by atoms with Gasteiger partial charge in [-0.2, -0.15) is 0 Å². The maximum Gasteiger partial charge on any atom is 0.311 e. The van der Waals surface area contributed by atoms with Gasteiger partial charge in [0, 0.05) is 6.54 Å². The van der Waals surface area contributed by atoms with Crippen LogP contribution < -0.4 is 5.32 Å². The van der Waals surface area contributed by atoms with Crippen molar-refractivity contribution < 1.29 is 14.7 Å². The van der Waals surface area contributed by atoms with Crippen molar-refractivity contribution in [1.82, 2.24) is 5.32 Å². The van der Waals surface area contributed by atoms with E-state index in [1.54, 1.807) is 13.8 Å². The van der Waals surface area contributed by atoms with Crippen LogP contribution in [0.4, 0.5) is 0 Å². The van der Waals surface area contributed by atoms with Crippen LogP contribution in [0.15, 0.2) is 30.3 Å². The molecule has 4 heteroatoms. The minimum Gasteiger partial charge on any atom is -0.481 e. The first-order valence-electron chi connectivity index (χ1n) is 6.47. The second-order valence-electron chi connectivity index (χ2n) is 5.07. The lowest BCUT2D eigenvalue weighted by Gasteiger charge is -2.24. The van der Waals surface area contributed by atoms with E-state index >= 15 is 0 Å². The lowest BCUT2D eigenvalue weighted by atomic mass is 9.87. The van der Waals surface area contributed by atoms with Crippen molar-refractivity contribution in [3.63, 3.8) is 0 Å². The van der Waals surface area contributed by atoms with Gasteiger partial charge in [-0.25, -0.2) is 0 Å². The van der Waals surface area contributed by atoms with E-state index in [9.17, 15) is 9.59 Å². The summed E-state index contributed by atoms with van der Waals surface area (Å²) in [5.74, 6) is -1.31. The number of benzene rings is 1. The highest BCUT2D eigenvalue weighted by Gasteiger charge is 2.32. The Bertz CT molecular complexity index is 444. The molecule has 2 atom stereocenters. The minimum absolute atomic E-state index is 0.146. The highest BCUT2D eigenvalue weighted by atomic mass is 16.4. The predicted octanol–water partition coefficient (Wildman–Crippen LogP) is 2.41. The Morgan fingerprint density at radius 2 is 1.89 bits per heavy atom. The molecule has 0 aliphatic rings. The summed E-state index contributed by atoms with van der Waals surface area (Å²) in [5, 5.41) is 11.9. The summed E-state index contributed by atoms with van der Waals surface area (Å²) in [6.45, 7) is 5.41. The average Bonchev–Trinajstić information content (AvgIpc) is 2.44. The summed E-state index contributed by atoms with van der Waals surface area (Å²) in [6, 6.07) is 9.44. The van der Waals surface area contributed by atoms with Crippen molar-refractivity contribution >= 4 is 11.9 Å². The van der Waals surface area contributed by atoms with E-state index in [2.05, 4.69) is 5.32 Å². The fourth-order valence-corrected chi connectivity index (χ4v) is 1.68. The lowest BCUT2D eigenvalue weighted by Crippen LogP contribution is -2.41. The Hall–Kier alpha value is -1.84. The van der Waals surface area contributed by atoms with Crippen LogP contribution in [-0.4, -0.2) is 23.5 Å². The third-order valence-electron chi connectivity index (χ3n) is 3.64. The summed E-state index contributed by atoms with van der Waals surface area (Å²) in [4.78, 5) is 23.2. The monoisotopic (exact) mass is 263 g/mol. The topological polar surface area (TPSA) is 66.4 Å². The summed E-state index contributed by atoms with van der Waals surface area (Å²) in [7, 11) is 0. The molecular weight excluding hydrogens is 242 g/mol. The number of rotatable bonds is 6. The number of carboxylic acid groups (broad SMARTS) is 1. The molecule has 0 saturated carbocycles. The van der Waals surface area contributed by atoms with Crippen LogP contribution in [0.5, 0.6) is 0 Å². The summed E-state index contributed by atoms with van der Waals surface area (Å²) >= 11 is 0. The van der Waals surface area contributed by atoms with Crippen LogP contribution in [-0.2, 0) is 9.59 Å². The zero-order valence-electron chi connectivity index (χ0n) is 11.6. The van der Waals surface area contributed by atoms with Gasteiger partial charge < -0.3 is 10.4 Å².